The molecular formula is C23H26N2O4. The number of carbonyl (C=O) groups is 1. The van der Waals surface area contributed by atoms with Crippen LogP contribution in [0.5, 0.6) is 5.75 Å². The van der Waals surface area contributed by atoms with Crippen LogP contribution in [0.3, 0.4) is 0 Å². The van der Waals surface area contributed by atoms with Crippen molar-refractivity contribution >= 4 is 16.7 Å². The van der Waals surface area contributed by atoms with Crippen molar-refractivity contribution < 1.29 is 13.9 Å². The van der Waals surface area contributed by atoms with Gasteiger partial charge in [0.2, 0.25) is 17.1 Å². The topological polar surface area (TPSA) is 73.5 Å². The Morgan fingerprint density at radius 3 is 2.48 bits per heavy atom. The maximum Gasteiger partial charge on any atom is 0.227 e. The van der Waals surface area contributed by atoms with Gasteiger partial charge in [0.25, 0.3) is 0 Å². The summed E-state index contributed by atoms with van der Waals surface area (Å²) in [5, 5.41) is 5.03. The second-order valence-electron chi connectivity index (χ2n) is 7.78. The van der Waals surface area contributed by atoms with Crippen molar-refractivity contribution in [2.75, 3.05) is 13.7 Å². The van der Waals surface area contributed by atoms with Crippen LogP contribution < -0.4 is 15.5 Å². The highest BCUT2D eigenvalue weighted by atomic mass is 16.5. The van der Waals surface area contributed by atoms with E-state index in [1.807, 2.05) is 29.1 Å². The summed E-state index contributed by atoms with van der Waals surface area (Å²) in [5.41, 5.74) is -0.165. The number of nitrogens with zero attached hydrogens (tertiary/aromatic N) is 1. The minimum atomic E-state index is -0.165. The molecule has 0 radical (unpaired) electrons. The molecule has 0 aliphatic heterocycles. The molecule has 0 atom stereocenters. The number of hydrogen-bond acceptors (Lipinski definition) is 4. The lowest BCUT2D eigenvalue weighted by atomic mass is 9.82. The molecule has 0 saturated heterocycles. The zero-order chi connectivity index (χ0) is 20.2. The molecule has 1 amide bonds. The van der Waals surface area contributed by atoms with E-state index in [-0.39, 0.29) is 23.0 Å². The van der Waals surface area contributed by atoms with E-state index in [9.17, 15) is 9.59 Å². The first-order valence-electron chi connectivity index (χ1n) is 10.1. The summed E-state index contributed by atoms with van der Waals surface area (Å²) < 4.78 is 13.4. The van der Waals surface area contributed by atoms with Crippen molar-refractivity contribution in [1.82, 2.24) is 9.88 Å². The summed E-state index contributed by atoms with van der Waals surface area (Å²) >= 11 is 0. The van der Waals surface area contributed by atoms with Crippen molar-refractivity contribution in [2.45, 2.75) is 32.2 Å². The van der Waals surface area contributed by atoms with Crippen LogP contribution in [0.1, 0.15) is 31.4 Å². The third-order valence-electron chi connectivity index (χ3n) is 5.73. The number of amides is 1. The molecule has 1 aromatic carbocycles. The predicted octanol–water partition coefficient (Wildman–Crippen LogP) is 3.57. The standard InChI is InChI=1S/C23H26N2O4/c1-24-23(27)17-8-6-16(7-9-17)14-29-22-15-28-20(10-21(22)26)13-25-11-18-4-2-3-5-19(18)12-25/h2-5,10-12,15-17H,6-9,13-14H2,1H3,(H,24,27). The smallest absolute Gasteiger partial charge is 0.227 e. The van der Waals surface area contributed by atoms with Gasteiger partial charge in [0.1, 0.15) is 12.0 Å². The third kappa shape index (κ3) is 4.53. The van der Waals surface area contributed by atoms with Crippen LogP contribution >= 0.6 is 0 Å². The molecule has 2 aromatic heterocycles. The lowest BCUT2D eigenvalue weighted by Crippen LogP contribution is -2.31. The van der Waals surface area contributed by atoms with Gasteiger partial charge in [0, 0.05) is 31.4 Å². The number of benzene rings is 1. The molecule has 0 spiro atoms. The molecule has 6 nitrogen and oxygen atoms in total. The third-order valence-corrected chi connectivity index (χ3v) is 5.73. The lowest BCUT2D eigenvalue weighted by molar-refractivity contribution is -0.125. The minimum Gasteiger partial charge on any atom is -0.486 e. The van der Waals surface area contributed by atoms with Gasteiger partial charge in [-0.25, -0.2) is 0 Å². The zero-order valence-corrected chi connectivity index (χ0v) is 16.6. The maximum atomic E-state index is 12.4. The largest absolute Gasteiger partial charge is 0.486 e. The zero-order valence-electron chi connectivity index (χ0n) is 16.6. The fourth-order valence-corrected chi connectivity index (χ4v) is 4.04. The maximum absolute atomic E-state index is 12.4. The van der Waals surface area contributed by atoms with E-state index in [4.69, 9.17) is 9.15 Å². The van der Waals surface area contributed by atoms with Gasteiger partial charge < -0.3 is 19.0 Å². The van der Waals surface area contributed by atoms with E-state index < -0.39 is 0 Å². The van der Waals surface area contributed by atoms with E-state index >= 15 is 0 Å². The van der Waals surface area contributed by atoms with E-state index in [1.165, 1.54) is 12.3 Å². The first-order chi connectivity index (χ1) is 14.1. The fourth-order valence-electron chi connectivity index (χ4n) is 4.04. The highest BCUT2D eigenvalue weighted by Crippen LogP contribution is 2.29. The Hall–Kier alpha value is -3.02. The number of rotatable bonds is 6. The monoisotopic (exact) mass is 394 g/mol. The molecule has 1 aliphatic rings. The molecule has 1 saturated carbocycles. The number of aromatic nitrogens is 1. The average Bonchev–Trinajstić information content (AvgIpc) is 3.15. The summed E-state index contributed by atoms with van der Waals surface area (Å²) in [7, 11) is 1.68. The van der Waals surface area contributed by atoms with Crippen molar-refractivity contribution in [3.05, 3.63) is 65.0 Å². The summed E-state index contributed by atoms with van der Waals surface area (Å²) in [4.78, 5) is 24.1. The van der Waals surface area contributed by atoms with E-state index in [0.29, 0.717) is 24.8 Å². The molecule has 2 heterocycles. The number of hydrogen-bond donors (Lipinski definition) is 1. The molecule has 1 N–H and O–H groups in total. The van der Waals surface area contributed by atoms with Crippen molar-refractivity contribution in [3.8, 4) is 5.75 Å². The van der Waals surface area contributed by atoms with Crippen LogP contribution in [0, 0.1) is 11.8 Å². The first kappa shape index (κ1) is 19.3. The molecule has 29 heavy (non-hydrogen) atoms. The predicted molar refractivity (Wildman–Crippen MR) is 111 cm³/mol. The summed E-state index contributed by atoms with van der Waals surface area (Å²) in [6, 6.07) is 9.62. The quantitative estimate of drug-likeness (QED) is 0.694. The molecule has 4 rings (SSSR count). The van der Waals surface area contributed by atoms with Gasteiger partial charge in [-0.2, -0.15) is 0 Å². The van der Waals surface area contributed by atoms with Crippen LogP contribution in [0.2, 0.25) is 0 Å². The molecule has 1 aliphatic carbocycles. The van der Waals surface area contributed by atoms with Crippen molar-refractivity contribution in [3.63, 3.8) is 0 Å². The molecule has 152 valence electrons. The second kappa shape index (κ2) is 8.55. The number of ether oxygens (including phenoxy) is 1. The fraction of sp³-hybridized carbons (Fsp3) is 0.391. The van der Waals surface area contributed by atoms with Crippen LogP contribution in [0.15, 0.2) is 58.2 Å². The molecule has 6 heteroatoms. The Balaban J connectivity index is 1.33. The van der Waals surface area contributed by atoms with Gasteiger partial charge in [0.15, 0.2) is 0 Å². The SMILES string of the molecule is CNC(=O)C1CCC(COc2coc(Cn3cc4ccccc4c3)cc2=O)CC1. The normalized spacial score (nSPS) is 19.2. The molecule has 1 fully saturated rings. The van der Waals surface area contributed by atoms with Gasteiger partial charge in [-0.15, -0.1) is 0 Å². The molecule has 0 bridgehead atoms. The molecule has 3 aromatic rings. The van der Waals surface area contributed by atoms with Gasteiger partial charge in [-0.3, -0.25) is 9.59 Å². The van der Waals surface area contributed by atoms with Gasteiger partial charge >= 0.3 is 0 Å². The van der Waals surface area contributed by atoms with Gasteiger partial charge in [0.05, 0.1) is 13.2 Å². The number of carbonyl (C=O) groups excluding carboxylic acids is 1. The van der Waals surface area contributed by atoms with Crippen LogP contribution in [-0.4, -0.2) is 24.1 Å². The highest BCUT2D eigenvalue weighted by Gasteiger charge is 2.26. The van der Waals surface area contributed by atoms with Crippen LogP contribution in [-0.2, 0) is 11.3 Å². The van der Waals surface area contributed by atoms with Crippen molar-refractivity contribution in [1.29, 1.82) is 0 Å². The number of nitrogens with one attached hydrogen (secondary N) is 1. The average molecular weight is 394 g/mol. The second-order valence-corrected chi connectivity index (χ2v) is 7.78. The van der Waals surface area contributed by atoms with Crippen molar-refractivity contribution in [2.24, 2.45) is 11.8 Å². The minimum absolute atomic E-state index is 0.103. The summed E-state index contributed by atoms with van der Waals surface area (Å²) in [6.45, 7) is 0.973. The number of fused-ring (bicyclic) bond motifs is 1. The highest BCUT2D eigenvalue weighted by molar-refractivity contribution is 5.82. The first-order valence-corrected chi connectivity index (χ1v) is 10.1. The Kier molecular flexibility index (Phi) is 5.69. The Morgan fingerprint density at radius 1 is 1.17 bits per heavy atom. The van der Waals surface area contributed by atoms with Crippen LogP contribution in [0.4, 0.5) is 0 Å². The molecular weight excluding hydrogens is 368 g/mol. The van der Waals surface area contributed by atoms with Gasteiger partial charge in [-0.05, 0) is 42.4 Å². The van der Waals surface area contributed by atoms with Crippen LogP contribution in [0.25, 0.3) is 10.8 Å². The summed E-state index contributed by atoms with van der Waals surface area (Å²) in [6.07, 6.45) is 9.09. The van der Waals surface area contributed by atoms with E-state index in [2.05, 4.69) is 17.4 Å². The molecule has 0 unspecified atom stereocenters. The Labute approximate surface area is 169 Å². The summed E-state index contributed by atoms with van der Waals surface area (Å²) in [5.74, 6) is 1.43. The van der Waals surface area contributed by atoms with E-state index in [1.54, 1.807) is 7.05 Å². The lowest BCUT2D eigenvalue weighted by Gasteiger charge is -2.27. The Morgan fingerprint density at radius 2 is 1.86 bits per heavy atom. The van der Waals surface area contributed by atoms with Gasteiger partial charge in [-0.1, -0.05) is 24.3 Å². The van der Waals surface area contributed by atoms with E-state index in [0.717, 1.165) is 36.5 Å². The Bertz CT molecular complexity index is 1010.